The first-order valence-electron chi connectivity index (χ1n) is 10.4. The monoisotopic (exact) mass is 459 g/mol. The number of benzene rings is 1. The summed E-state index contributed by atoms with van der Waals surface area (Å²) in [5.74, 6) is 0.725. The lowest BCUT2D eigenvalue weighted by Gasteiger charge is -2.43. The van der Waals surface area contributed by atoms with Gasteiger partial charge in [0, 0.05) is 19.0 Å². The second-order valence-electron chi connectivity index (χ2n) is 8.60. The van der Waals surface area contributed by atoms with Crippen molar-refractivity contribution in [3.8, 4) is 5.75 Å². The number of urea groups is 1. The van der Waals surface area contributed by atoms with E-state index >= 15 is 0 Å². The second-order valence-corrected chi connectivity index (χ2v) is 9.63. The third-order valence-corrected chi connectivity index (χ3v) is 6.59. The summed E-state index contributed by atoms with van der Waals surface area (Å²) >= 11 is 1.42. The number of rotatable bonds is 5. The minimum Gasteiger partial charge on any atom is -0.497 e. The van der Waals surface area contributed by atoms with Crippen molar-refractivity contribution in [1.82, 2.24) is 15.3 Å². The summed E-state index contributed by atoms with van der Waals surface area (Å²) < 4.78 is 17.2. The predicted molar refractivity (Wildman–Crippen MR) is 120 cm³/mol. The fourth-order valence-corrected chi connectivity index (χ4v) is 5.07. The van der Waals surface area contributed by atoms with Crippen molar-refractivity contribution in [3.63, 3.8) is 0 Å². The summed E-state index contributed by atoms with van der Waals surface area (Å²) in [5, 5.41) is 15.7. The number of morpholine rings is 1. The smallest absolute Gasteiger partial charge is 0.321 e. The number of hydrogen-bond acceptors (Lipinski definition) is 9. The number of aliphatic hydroxyl groups is 1. The topological polar surface area (TPSA) is 122 Å². The number of amides is 2. The van der Waals surface area contributed by atoms with Crippen LogP contribution >= 0.6 is 11.3 Å². The molecule has 32 heavy (non-hydrogen) atoms. The normalized spacial score (nSPS) is 20.2. The van der Waals surface area contributed by atoms with Gasteiger partial charge in [0.25, 0.3) is 6.01 Å². The zero-order valence-electron chi connectivity index (χ0n) is 18.0. The quantitative estimate of drug-likeness (QED) is 0.532. The molecular formula is C21H25N5O5S. The molecule has 11 heteroatoms. The van der Waals surface area contributed by atoms with Gasteiger partial charge in [-0.05, 0) is 26.0 Å². The Hall–Kier alpha value is -2.89. The summed E-state index contributed by atoms with van der Waals surface area (Å²) in [6.07, 6.45) is 0.664. The number of nitrogens with zero attached hydrogens (tertiary/aromatic N) is 3. The van der Waals surface area contributed by atoms with Crippen LogP contribution in [-0.2, 0) is 11.2 Å². The van der Waals surface area contributed by atoms with Gasteiger partial charge in [0.05, 0.1) is 48.6 Å². The Morgan fingerprint density at radius 1 is 1.38 bits per heavy atom. The van der Waals surface area contributed by atoms with E-state index in [4.69, 9.17) is 18.9 Å². The van der Waals surface area contributed by atoms with E-state index in [2.05, 4.69) is 20.5 Å². The largest absolute Gasteiger partial charge is 0.497 e. The number of carbonyl (C=O) groups excluding carboxylic acids is 1. The molecule has 10 nitrogen and oxygen atoms in total. The Bertz CT molecular complexity index is 1150. The van der Waals surface area contributed by atoms with Crippen LogP contribution in [0.25, 0.3) is 11.1 Å². The standard InChI is InChI=1S/C21H25N5O5S/c1-21(2,28)10-22-18(27)25-19-23-14-6-11-8-30-9-15(17(14)32-19)26(11)20-24-13-7-12(29-3)4-5-16(13)31-20/h4-5,7,11,15,28H,6,8-10H2,1-3H3,(H2,22,23,25,27)/t11-,15-/m0/s1. The molecule has 1 aromatic carbocycles. The van der Waals surface area contributed by atoms with Gasteiger partial charge in [0.15, 0.2) is 10.7 Å². The zero-order chi connectivity index (χ0) is 22.5. The molecule has 2 aromatic heterocycles. The Balaban J connectivity index is 1.40. The number of hydrogen-bond donors (Lipinski definition) is 3. The lowest BCUT2D eigenvalue weighted by molar-refractivity contribution is 0.0579. The van der Waals surface area contributed by atoms with Crippen LogP contribution in [-0.4, -0.2) is 59.6 Å². The maximum atomic E-state index is 12.2. The number of carbonyl (C=O) groups is 1. The van der Waals surface area contributed by atoms with E-state index in [1.807, 2.05) is 18.2 Å². The van der Waals surface area contributed by atoms with Crippen LogP contribution in [0.1, 0.15) is 30.5 Å². The molecule has 0 radical (unpaired) electrons. The average Bonchev–Trinajstić information content (AvgIpc) is 3.34. The van der Waals surface area contributed by atoms with Crippen LogP contribution < -0.4 is 20.3 Å². The third kappa shape index (κ3) is 3.98. The molecule has 0 spiro atoms. The first kappa shape index (κ1) is 21.0. The highest BCUT2D eigenvalue weighted by Gasteiger charge is 2.43. The predicted octanol–water partition coefficient (Wildman–Crippen LogP) is 2.69. The van der Waals surface area contributed by atoms with Crippen molar-refractivity contribution in [1.29, 1.82) is 0 Å². The van der Waals surface area contributed by atoms with Gasteiger partial charge in [-0.3, -0.25) is 5.32 Å². The number of methoxy groups -OCH3 is 1. The molecule has 0 aliphatic carbocycles. The van der Waals surface area contributed by atoms with Gasteiger partial charge in [0.2, 0.25) is 0 Å². The van der Waals surface area contributed by atoms with Crippen LogP contribution in [0, 0.1) is 0 Å². The number of nitrogens with one attached hydrogen (secondary N) is 2. The molecule has 0 unspecified atom stereocenters. The van der Waals surface area contributed by atoms with Gasteiger partial charge in [-0.15, -0.1) is 0 Å². The highest BCUT2D eigenvalue weighted by Crippen LogP contribution is 2.43. The van der Waals surface area contributed by atoms with Crippen LogP contribution in [0.3, 0.4) is 0 Å². The molecule has 170 valence electrons. The Morgan fingerprint density at radius 3 is 3.00 bits per heavy atom. The van der Waals surface area contributed by atoms with Crippen LogP contribution in [0.15, 0.2) is 22.6 Å². The van der Waals surface area contributed by atoms with Crippen molar-refractivity contribution in [3.05, 3.63) is 28.8 Å². The molecule has 1 saturated heterocycles. The fourth-order valence-electron chi connectivity index (χ4n) is 4.00. The van der Waals surface area contributed by atoms with Crippen LogP contribution in [0.4, 0.5) is 15.9 Å². The molecule has 2 bridgehead atoms. The minimum absolute atomic E-state index is 0.0372. The van der Waals surface area contributed by atoms with E-state index in [1.54, 1.807) is 21.0 Å². The number of thiazole rings is 1. The maximum absolute atomic E-state index is 12.2. The fraction of sp³-hybridized carbons (Fsp3) is 0.476. The van der Waals surface area contributed by atoms with E-state index in [0.29, 0.717) is 36.4 Å². The SMILES string of the molecule is COc1ccc2oc(N3[C@@H]4COC[C@H]3c3sc(NC(=O)NCC(C)(C)O)nc3C4)nc2c1. The number of anilines is 2. The van der Waals surface area contributed by atoms with Crippen LogP contribution in [0.5, 0.6) is 5.75 Å². The van der Waals surface area contributed by atoms with Crippen molar-refractivity contribution < 1.29 is 23.8 Å². The molecule has 2 atom stereocenters. The Morgan fingerprint density at radius 2 is 2.22 bits per heavy atom. The summed E-state index contributed by atoms with van der Waals surface area (Å²) in [6.45, 7) is 4.43. The molecule has 3 aromatic rings. The molecular weight excluding hydrogens is 434 g/mol. The van der Waals surface area contributed by atoms with Crippen molar-refractivity contribution >= 4 is 39.6 Å². The van der Waals surface area contributed by atoms with Gasteiger partial charge in [0.1, 0.15) is 11.3 Å². The number of oxazole rings is 1. The molecule has 2 aliphatic heterocycles. The molecule has 2 amide bonds. The van der Waals surface area contributed by atoms with E-state index in [9.17, 15) is 9.90 Å². The van der Waals surface area contributed by atoms with Crippen molar-refractivity contribution in [2.75, 3.05) is 37.1 Å². The van der Waals surface area contributed by atoms with Crippen LogP contribution in [0.2, 0.25) is 0 Å². The molecule has 0 saturated carbocycles. The summed E-state index contributed by atoms with van der Waals surface area (Å²) in [7, 11) is 1.62. The Labute approximate surface area is 188 Å². The average molecular weight is 460 g/mol. The first-order valence-corrected chi connectivity index (χ1v) is 11.2. The van der Waals surface area contributed by atoms with Gasteiger partial charge >= 0.3 is 6.03 Å². The van der Waals surface area contributed by atoms with Crippen molar-refractivity contribution in [2.45, 2.75) is 38.0 Å². The first-order chi connectivity index (χ1) is 15.3. The molecule has 1 fully saturated rings. The number of aromatic nitrogens is 2. The number of fused-ring (bicyclic) bond motifs is 5. The van der Waals surface area contributed by atoms with E-state index in [1.165, 1.54) is 11.3 Å². The van der Waals surface area contributed by atoms with Crippen molar-refractivity contribution in [2.24, 2.45) is 0 Å². The maximum Gasteiger partial charge on any atom is 0.321 e. The molecule has 3 N–H and O–H groups in total. The summed E-state index contributed by atoms with van der Waals surface area (Å²) in [6, 6.07) is 5.64. The number of ether oxygens (including phenoxy) is 2. The summed E-state index contributed by atoms with van der Waals surface area (Å²) in [5.41, 5.74) is 1.40. The molecule has 5 rings (SSSR count). The van der Waals surface area contributed by atoms with Gasteiger partial charge < -0.3 is 29.2 Å². The van der Waals surface area contributed by atoms with Gasteiger partial charge in [-0.2, -0.15) is 4.98 Å². The third-order valence-electron chi connectivity index (χ3n) is 5.48. The van der Waals surface area contributed by atoms with E-state index in [-0.39, 0.29) is 18.6 Å². The van der Waals surface area contributed by atoms with Gasteiger partial charge in [-0.1, -0.05) is 11.3 Å². The Kier molecular flexibility index (Phi) is 5.19. The lowest BCUT2D eigenvalue weighted by Crippen LogP contribution is -2.51. The highest BCUT2D eigenvalue weighted by molar-refractivity contribution is 7.16. The molecule has 4 heterocycles. The van der Waals surface area contributed by atoms with E-state index < -0.39 is 11.6 Å². The zero-order valence-corrected chi connectivity index (χ0v) is 18.9. The molecule has 2 aliphatic rings. The highest BCUT2D eigenvalue weighted by atomic mass is 32.1. The summed E-state index contributed by atoms with van der Waals surface area (Å²) in [4.78, 5) is 24.7. The lowest BCUT2D eigenvalue weighted by atomic mass is 9.97. The minimum atomic E-state index is -0.988. The second kappa shape index (κ2) is 7.91. The van der Waals surface area contributed by atoms with Gasteiger partial charge in [-0.25, -0.2) is 9.78 Å². The van der Waals surface area contributed by atoms with E-state index in [0.717, 1.165) is 21.8 Å².